The average molecular weight is 337 g/mol. The molecule has 0 aliphatic rings. The van der Waals surface area contributed by atoms with Gasteiger partial charge >= 0.3 is 5.97 Å². The van der Waals surface area contributed by atoms with Crippen molar-refractivity contribution in [2.45, 2.75) is 32.2 Å². The number of aryl methyl sites for hydroxylation is 2. The minimum atomic E-state index is -0.963. The number of aliphatic carboxylic acids is 1. The van der Waals surface area contributed by atoms with E-state index in [-0.39, 0.29) is 6.61 Å². The Labute approximate surface area is 147 Å². The quantitative estimate of drug-likeness (QED) is 0.584. The summed E-state index contributed by atoms with van der Waals surface area (Å²) in [6.45, 7) is 0.643. The first kappa shape index (κ1) is 17.1. The molecule has 0 atom stereocenters. The number of carboxylic acid groups (broad SMARTS) is 1. The Morgan fingerprint density at radius 3 is 2.60 bits per heavy atom. The number of aromatic nitrogens is 1. The van der Waals surface area contributed by atoms with Crippen molar-refractivity contribution in [1.82, 2.24) is 4.57 Å². The van der Waals surface area contributed by atoms with E-state index in [1.165, 1.54) is 18.4 Å². The minimum absolute atomic E-state index is 0.316. The minimum Gasteiger partial charge on any atom is -0.481 e. The highest BCUT2D eigenvalue weighted by molar-refractivity contribution is 5.86. The van der Waals surface area contributed by atoms with Crippen LogP contribution in [-0.2, 0) is 17.8 Å². The lowest BCUT2D eigenvalue weighted by Crippen LogP contribution is -2.09. The van der Waals surface area contributed by atoms with Crippen molar-refractivity contribution < 1.29 is 14.6 Å². The van der Waals surface area contributed by atoms with Crippen LogP contribution in [0.1, 0.15) is 24.8 Å². The highest BCUT2D eigenvalue weighted by Gasteiger charge is 2.08. The Kier molecular flexibility index (Phi) is 5.73. The normalized spacial score (nSPS) is 10.9. The van der Waals surface area contributed by atoms with Gasteiger partial charge < -0.3 is 14.4 Å². The Morgan fingerprint density at radius 1 is 0.960 bits per heavy atom. The van der Waals surface area contributed by atoms with Gasteiger partial charge in [-0.2, -0.15) is 0 Å². The fourth-order valence-corrected chi connectivity index (χ4v) is 3.09. The third-order valence-electron chi connectivity index (χ3n) is 4.33. The fraction of sp³-hybridized carbons (Fsp3) is 0.286. The topological polar surface area (TPSA) is 51.5 Å². The lowest BCUT2D eigenvalue weighted by molar-refractivity contribution is -0.139. The maximum atomic E-state index is 10.7. The molecule has 25 heavy (non-hydrogen) atoms. The predicted molar refractivity (Wildman–Crippen MR) is 99.1 cm³/mol. The van der Waals surface area contributed by atoms with E-state index in [0.29, 0.717) is 5.75 Å². The summed E-state index contributed by atoms with van der Waals surface area (Å²) in [5, 5.41) is 9.74. The Bertz CT molecular complexity index is 824. The molecule has 0 spiro atoms. The van der Waals surface area contributed by atoms with Crippen LogP contribution in [0.2, 0.25) is 0 Å². The molecule has 4 heteroatoms. The summed E-state index contributed by atoms with van der Waals surface area (Å²) in [5.41, 5.74) is 2.49. The largest absolute Gasteiger partial charge is 0.481 e. The summed E-state index contributed by atoms with van der Waals surface area (Å²) in [4.78, 5) is 10.7. The molecule has 130 valence electrons. The number of carbonyl (C=O) groups is 1. The number of unbranched alkanes of at least 4 members (excludes halogenated alkanes) is 2. The van der Waals surface area contributed by atoms with E-state index in [1.807, 2.05) is 24.3 Å². The van der Waals surface area contributed by atoms with E-state index in [0.717, 1.165) is 30.3 Å². The van der Waals surface area contributed by atoms with Gasteiger partial charge in [0.15, 0.2) is 6.61 Å². The first-order chi connectivity index (χ1) is 12.2. The first-order valence-electron chi connectivity index (χ1n) is 8.70. The second-order valence-electron chi connectivity index (χ2n) is 6.18. The van der Waals surface area contributed by atoms with Crippen molar-refractivity contribution in [2.75, 3.05) is 6.61 Å². The van der Waals surface area contributed by atoms with Crippen LogP contribution in [-0.4, -0.2) is 22.2 Å². The van der Waals surface area contributed by atoms with E-state index in [9.17, 15) is 4.79 Å². The van der Waals surface area contributed by atoms with Crippen molar-refractivity contribution in [1.29, 1.82) is 0 Å². The molecular formula is C21H23NO3. The van der Waals surface area contributed by atoms with Gasteiger partial charge in [0.05, 0.1) is 5.52 Å². The van der Waals surface area contributed by atoms with Gasteiger partial charge in [0.1, 0.15) is 5.75 Å². The fourth-order valence-electron chi connectivity index (χ4n) is 3.09. The van der Waals surface area contributed by atoms with E-state index in [1.54, 1.807) is 0 Å². The van der Waals surface area contributed by atoms with Crippen molar-refractivity contribution in [2.24, 2.45) is 0 Å². The second-order valence-corrected chi connectivity index (χ2v) is 6.18. The number of ether oxygens (including phenoxy) is 1. The van der Waals surface area contributed by atoms with E-state index >= 15 is 0 Å². The number of hydrogen-bond donors (Lipinski definition) is 1. The number of benzene rings is 2. The van der Waals surface area contributed by atoms with Crippen molar-refractivity contribution in [3.63, 3.8) is 0 Å². The number of carboxylic acids is 1. The van der Waals surface area contributed by atoms with Gasteiger partial charge in [-0.3, -0.25) is 0 Å². The maximum Gasteiger partial charge on any atom is 0.341 e. The molecule has 0 aliphatic heterocycles. The summed E-state index contributed by atoms with van der Waals surface area (Å²) in [5.74, 6) is -0.336. The summed E-state index contributed by atoms with van der Waals surface area (Å²) in [6, 6.07) is 18.4. The van der Waals surface area contributed by atoms with Crippen LogP contribution >= 0.6 is 0 Å². The average Bonchev–Trinajstić information content (AvgIpc) is 3.04. The molecule has 0 unspecified atom stereocenters. The molecular weight excluding hydrogens is 314 g/mol. The van der Waals surface area contributed by atoms with E-state index < -0.39 is 5.97 Å². The standard InChI is InChI=1S/C21H23NO3/c23-21(24)16-25-20-12-7-11-19-18(20)13-15-22(19)14-6-2-5-10-17-8-3-1-4-9-17/h1,3-4,7-9,11-13,15H,2,5-6,10,14,16H2,(H,23,24). The second kappa shape index (κ2) is 8.38. The zero-order valence-corrected chi connectivity index (χ0v) is 14.2. The van der Waals surface area contributed by atoms with Gasteiger partial charge in [0.2, 0.25) is 0 Å². The molecule has 1 N–H and O–H groups in total. The highest BCUT2D eigenvalue weighted by Crippen LogP contribution is 2.27. The molecule has 0 amide bonds. The van der Waals surface area contributed by atoms with Gasteiger partial charge in [0, 0.05) is 18.1 Å². The first-order valence-corrected chi connectivity index (χ1v) is 8.70. The van der Waals surface area contributed by atoms with E-state index in [2.05, 4.69) is 41.1 Å². The number of fused-ring (bicyclic) bond motifs is 1. The summed E-state index contributed by atoms with van der Waals surface area (Å²) >= 11 is 0. The van der Waals surface area contributed by atoms with Crippen molar-refractivity contribution in [3.05, 3.63) is 66.4 Å². The lowest BCUT2D eigenvalue weighted by Gasteiger charge is -2.08. The number of hydrogen-bond acceptors (Lipinski definition) is 2. The molecule has 0 saturated heterocycles. The Hall–Kier alpha value is -2.75. The van der Waals surface area contributed by atoms with Gasteiger partial charge in [-0.15, -0.1) is 0 Å². The van der Waals surface area contributed by atoms with Crippen LogP contribution < -0.4 is 4.74 Å². The van der Waals surface area contributed by atoms with Crippen molar-refractivity contribution in [3.8, 4) is 5.75 Å². The molecule has 2 aromatic carbocycles. The molecule has 0 fully saturated rings. The molecule has 3 aromatic rings. The molecule has 1 heterocycles. The number of nitrogens with zero attached hydrogens (tertiary/aromatic N) is 1. The Morgan fingerprint density at radius 2 is 1.80 bits per heavy atom. The molecule has 0 radical (unpaired) electrons. The summed E-state index contributed by atoms with van der Waals surface area (Å²) in [6.07, 6.45) is 6.67. The molecule has 0 saturated carbocycles. The molecule has 0 aliphatic carbocycles. The van der Waals surface area contributed by atoms with Crippen LogP contribution in [0.15, 0.2) is 60.8 Å². The maximum absolute atomic E-state index is 10.7. The van der Waals surface area contributed by atoms with E-state index in [4.69, 9.17) is 9.84 Å². The Balaban J connectivity index is 1.53. The van der Waals surface area contributed by atoms with Gasteiger partial charge in [-0.1, -0.05) is 42.8 Å². The third kappa shape index (κ3) is 4.63. The molecule has 3 rings (SSSR count). The van der Waals surface area contributed by atoms with Crippen LogP contribution in [0.25, 0.3) is 10.9 Å². The summed E-state index contributed by atoms with van der Waals surface area (Å²) < 4.78 is 7.59. The molecule has 0 bridgehead atoms. The highest BCUT2D eigenvalue weighted by atomic mass is 16.5. The van der Waals surface area contributed by atoms with Crippen LogP contribution in [0.3, 0.4) is 0 Å². The van der Waals surface area contributed by atoms with Gasteiger partial charge in [-0.25, -0.2) is 4.79 Å². The van der Waals surface area contributed by atoms with Crippen molar-refractivity contribution >= 4 is 16.9 Å². The van der Waals surface area contributed by atoms with Crippen LogP contribution in [0, 0.1) is 0 Å². The zero-order chi connectivity index (χ0) is 17.5. The molecule has 1 aromatic heterocycles. The lowest BCUT2D eigenvalue weighted by atomic mass is 10.1. The molecule has 4 nitrogen and oxygen atoms in total. The smallest absolute Gasteiger partial charge is 0.341 e. The SMILES string of the molecule is O=C(O)COc1cccc2c1ccn2CCCCCc1ccccc1. The van der Waals surface area contributed by atoms with Crippen LogP contribution in [0.4, 0.5) is 0 Å². The monoisotopic (exact) mass is 337 g/mol. The predicted octanol–water partition coefficient (Wildman–Crippen LogP) is 4.52. The van der Waals surface area contributed by atoms with Gasteiger partial charge in [-0.05, 0) is 43.0 Å². The third-order valence-corrected chi connectivity index (χ3v) is 4.33. The summed E-state index contributed by atoms with van der Waals surface area (Å²) in [7, 11) is 0. The van der Waals surface area contributed by atoms with Gasteiger partial charge in [0.25, 0.3) is 0 Å². The number of rotatable bonds is 9. The zero-order valence-electron chi connectivity index (χ0n) is 14.2. The van der Waals surface area contributed by atoms with Crippen LogP contribution in [0.5, 0.6) is 5.75 Å².